The van der Waals surface area contributed by atoms with Gasteiger partial charge in [0.1, 0.15) is 0 Å². The van der Waals surface area contributed by atoms with Crippen LogP contribution in [-0.4, -0.2) is 10.8 Å². The average molecular weight is 235 g/mol. The molecule has 88 valence electrons. The first kappa shape index (κ1) is 10.8. The molecule has 0 aliphatic heterocycles. The Morgan fingerprint density at radius 1 is 0.944 bits per heavy atom. The first-order chi connectivity index (χ1) is 8.77. The van der Waals surface area contributed by atoms with Gasteiger partial charge in [0.15, 0.2) is 5.78 Å². The van der Waals surface area contributed by atoms with E-state index in [0.29, 0.717) is 5.69 Å². The number of para-hydroxylation sites is 1. The maximum atomic E-state index is 11.8. The van der Waals surface area contributed by atoms with Crippen LogP contribution in [0.3, 0.4) is 0 Å². The van der Waals surface area contributed by atoms with E-state index in [9.17, 15) is 4.79 Å². The van der Waals surface area contributed by atoms with Crippen LogP contribution >= 0.6 is 0 Å². The van der Waals surface area contributed by atoms with Crippen molar-refractivity contribution in [2.75, 3.05) is 0 Å². The molecule has 3 rings (SSSR count). The summed E-state index contributed by atoms with van der Waals surface area (Å²) in [5.41, 5.74) is 3.75. The van der Waals surface area contributed by atoms with E-state index in [1.54, 1.807) is 6.92 Å². The highest BCUT2D eigenvalue weighted by Crippen LogP contribution is 2.32. The lowest BCUT2D eigenvalue weighted by Gasteiger charge is -2.02. The van der Waals surface area contributed by atoms with Crippen molar-refractivity contribution in [1.29, 1.82) is 0 Å². The molecule has 0 aliphatic rings. The van der Waals surface area contributed by atoms with E-state index in [-0.39, 0.29) is 5.78 Å². The maximum absolute atomic E-state index is 11.8. The first-order valence-electron chi connectivity index (χ1n) is 5.94. The van der Waals surface area contributed by atoms with E-state index in [4.69, 9.17) is 0 Å². The molecule has 0 bridgehead atoms. The third-order valence-electron chi connectivity index (χ3n) is 3.12. The zero-order valence-electron chi connectivity index (χ0n) is 10.1. The predicted molar refractivity (Wildman–Crippen MR) is 73.7 cm³/mol. The molecular formula is C16H13NO. The SMILES string of the molecule is CC(=O)c1[nH]c2ccccc2c1-c1ccccc1. The minimum atomic E-state index is 0.0602. The van der Waals surface area contributed by atoms with Crippen molar-refractivity contribution in [3.8, 4) is 11.1 Å². The third-order valence-corrected chi connectivity index (χ3v) is 3.12. The summed E-state index contributed by atoms with van der Waals surface area (Å²) in [6, 6.07) is 18.0. The molecular weight excluding hydrogens is 222 g/mol. The number of carbonyl (C=O) groups excluding carboxylic acids is 1. The molecule has 1 aromatic heterocycles. The molecule has 2 aromatic carbocycles. The quantitative estimate of drug-likeness (QED) is 0.668. The van der Waals surface area contributed by atoms with Gasteiger partial charge in [-0.3, -0.25) is 4.79 Å². The van der Waals surface area contributed by atoms with Gasteiger partial charge in [0.2, 0.25) is 0 Å². The van der Waals surface area contributed by atoms with Gasteiger partial charge in [-0.25, -0.2) is 0 Å². The summed E-state index contributed by atoms with van der Waals surface area (Å²) in [4.78, 5) is 15.0. The Hall–Kier alpha value is -2.35. The molecule has 1 heterocycles. The Kier molecular flexibility index (Phi) is 2.49. The molecule has 1 N–H and O–H groups in total. The summed E-state index contributed by atoms with van der Waals surface area (Å²) < 4.78 is 0. The van der Waals surface area contributed by atoms with Gasteiger partial charge in [0.05, 0.1) is 5.69 Å². The topological polar surface area (TPSA) is 32.9 Å². The summed E-state index contributed by atoms with van der Waals surface area (Å²) in [7, 11) is 0. The number of aromatic amines is 1. The molecule has 0 spiro atoms. The molecule has 0 atom stereocenters. The second kappa shape index (κ2) is 4.15. The molecule has 0 saturated carbocycles. The molecule has 0 saturated heterocycles. The van der Waals surface area contributed by atoms with Gasteiger partial charge in [-0.05, 0) is 11.6 Å². The minimum Gasteiger partial charge on any atom is -0.352 e. The van der Waals surface area contributed by atoms with Crippen LogP contribution in [-0.2, 0) is 0 Å². The number of ketones is 1. The van der Waals surface area contributed by atoms with Crippen LogP contribution in [0.15, 0.2) is 54.6 Å². The van der Waals surface area contributed by atoms with Crippen LogP contribution in [0.5, 0.6) is 0 Å². The number of nitrogens with one attached hydrogen (secondary N) is 1. The summed E-state index contributed by atoms with van der Waals surface area (Å²) in [6.07, 6.45) is 0. The van der Waals surface area contributed by atoms with Crippen molar-refractivity contribution in [1.82, 2.24) is 4.98 Å². The van der Waals surface area contributed by atoms with Crippen molar-refractivity contribution < 1.29 is 4.79 Å². The summed E-state index contributed by atoms with van der Waals surface area (Å²) in [5.74, 6) is 0.0602. The van der Waals surface area contributed by atoms with Gasteiger partial charge >= 0.3 is 0 Å². The zero-order chi connectivity index (χ0) is 12.5. The molecule has 0 unspecified atom stereocenters. The van der Waals surface area contributed by atoms with Gasteiger partial charge in [-0.2, -0.15) is 0 Å². The number of hydrogen-bond acceptors (Lipinski definition) is 1. The molecule has 3 aromatic rings. The number of rotatable bonds is 2. The fourth-order valence-electron chi connectivity index (χ4n) is 2.31. The lowest BCUT2D eigenvalue weighted by molar-refractivity contribution is 0.101. The largest absolute Gasteiger partial charge is 0.352 e. The minimum absolute atomic E-state index is 0.0602. The molecule has 0 fully saturated rings. The maximum Gasteiger partial charge on any atom is 0.176 e. The van der Waals surface area contributed by atoms with Crippen LogP contribution in [0.1, 0.15) is 17.4 Å². The highest BCUT2D eigenvalue weighted by Gasteiger charge is 2.15. The van der Waals surface area contributed by atoms with Gasteiger partial charge < -0.3 is 4.98 Å². The normalized spacial score (nSPS) is 10.7. The number of fused-ring (bicyclic) bond motifs is 1. The van der Waals surface area contributed by atoms with E-state index in [2.05, 4.69) is 4.98 Å². The van der Waals surface area contributed by atoms with E-state index in [1.165, 1.54) is 0 Å². The Bertz CT molecular complexity index is 710. The van der Waals surface area contributed by atoms with Gasteiger partial charge in [-0.15, -0.1) is 0 Å². The number of carbonyl (C=O) groups is 1. The second-order valence-electron chi connectivity index (χ2n) is 4.34. The number of aromatic nitrogens is 1. The monoisotopic (exact) mass is 235 g/mol. The molecule has 0 amide bonds. The third kappa shape index (κ3) is 1.63. The number of benzene rings is 2. The summed E-state index contributed by atoms with van der Waals surface area (Å²) in [6.45, 7) is 1.59. The molecule has 2 heteroatoms. The van der Waals surface area contributed by atoms with Crippen molar-refractivity contribution in [2.45, 2.75) is 6.92 Å². The average Bonchev–Trinajstić information content (AvgIpc) is 2.79. The molecule has 0 radical (unpaired) electrons. The van der Waals surface area contributed by atoms with E-state index >= 15 is 0 Å². The standard InChI is InChI=1S/C16H13NO/c1-11(18)16-15(12-7-3-2-4-8-12)13-9-5-6-10-14(13)17-16/h2-10,17H,1H3. The molecule has 18 heavy (non-hydrogen) atoms. The number of H-pyrrole nitrogens is 1. The Labute approximate surface area is 105 Å². The summed E-state index contributed by atoms with van der Waals surface area (Å²) in [5, 5.41) is 1.09. The van der Waals surface area contributed by atoms with Crippen LogP contribution in [0.4, 0.5) is 0 Å². The fourth-order valence-corrected chi connectivity index (χ4v) is 2.31. The van der Waals surface area contributed by atoms with Crippen molar-refractivity contribution in [3.05, 3.63) is 60.3 Å². The Morgan fingerprint density at radius 2 is 1.61 bits per heavy atom. The fraction of sp³-hybridized carbons (Fsp3) is 0.0625. The lowest BCUT2D eigenvalue weighted by Crippen LogP contribution is -1.94. The Balaban J connectivity index is 2.38. The van der Waals surface area contributed by atoms with E-state index < -0.39 is 0 Å². The van der Waals surface area contributed by atoms with Crippen molar-refractivity contribution in [3.63, 3.8) is 0 Å². The predicted octanol–water partition coefficient (Wildman–Crippen LogP) is 4.04. The van der Waals surface area contributed by atoms with Gasteiger partial charge in [0.25, 0.3) is 0 Å². The van der Waals surface area contributed by atoms with Crippen LogP contribution in [0, 0.1) is 0 Å². The number of Topliss-reactive ketones (excluding diaryl/α,β-unsaturated/α-hetero) is 1. The highest BCUT2D eigenvalue weighted by atomic mass is 16.1. The summed E-state index contributed by atoms with van der Waals surface area (Å²) >= 11 is 0. The van der Waals surface area contributed by atoms with Crippen LogP contribution in [0.2, 0.25) is 0 Å². The molecule has 0 aliphatic carbocycles. The van der Waals surface area contributed by atoms with Crippen LogP contribution < -0.4 is 0 Å². The van der Waals surface area contributed by atoms with Crippen molar-refractivity contribution in [2.24, 2.45) is 0 Å². The lowest BCUT2D eigenvalue weighted by atomic mass is 10.0. The zero-order valence-corrected chi connectivity index (χ0v) is 10.1. The van der Waals surface area contributed by atoms with Crippen LogP contribution in [0.25, 0.3) is 22.0 Å². The highest BCUT2D eigenvalue weighted by molar-refractivity contribution is 6.09. The van der Waals surface area contributed by atoms with Crippen molar-refractivity contribution >= 4 is 16.7 Å². The van der Waals surface area contributed by atoms with E-state index in [0.717, 1.165) is 22.0 Å². The van der Waals surface area contributed by atoms with E-state index in [1.807, 2.05) is 54.6 Å². The smallest absolute Gasteiger partial charge is 0.176 e. The van der Waals surface area contributed by atoms with Gasteiger partial charge in [0, 0.05) is 23.4 Å². The number of hydrogen-bond donors (Lipinski definition) is 1. The first-order valence-corrected chi connectivity index (χ1v) is 5.94. The van der Waals surface area contributed by atoms with Gasteiger partial charge in [-0.1, -0.05) is 48.5 Å². The Morgan fingerprint density at radius 3 is 2.33 bits per heavy atom. The second-order valence-corrected chi connectivity index (χ2v) is 4.34. The molecule has 2 nitrogen and oxygen atoms in total.